The average molecular weight is 284 g/mol. The molecule has 20 heavy (non-hydrogen) atoms. The number of alkyl halides is 3. The lowest BCUT2D eigenvalue weighted by atomic mass is 10.3. The zero-order valence-corrected chi connectivity index (χ0v) is 10.4. The fourth-order valence-corrected chi connectivity index (χ4v) is 1.51. The van der Waals surface area contributed by atoms with Gasteiger partial charge < -0.3 is 15.2 Å². The summed E-state index contributed by atoms with van der Waals surface area (Å²) in [5.74, 6) is -0.552. The Labute approximate surface area is 113 Å². The van der Waals surface area contributed by atoms with E-state index >= 15 is 0 Å². The van der Waals surface area contributed by atoms with E-state index in [9.17, 15) is 13.2 Å². The van der Waals surface area contributed by atoms with Crippen LogP contribution in [-0.2, 0) is 0 Å². The number of para-hydroxylation sites is 2. The zero-order valence-electron chi connectivity index (χ0n) is 10.4. The van der Waals surface area contributed by atoms with E-state index in [0.717, 1.165) is 11.6 Å². The zero-order chi connectivity index (χ0) is 14.8. The molecule has 7 heteroatoms. The minimum absolute atomic E-state index is 0.0221. The summed E-state index contributed by atoms with van der Waals surface area (Å²) in [4.78, 5) is 3.93. The molecule has 2 aromatic rings. The molecule has 2 rings (SSSR count). The maximum atomic E-state index is 12.3. The van der Waals surface area contributed by atoms with E-state index in [0.29, 0.717) is 0 Å². The SMILES string of the molecule is Cc1cnc(Oc2ccccc2OC(F)(F)F)c(N)c1. The van der Waals surface area contributed by atoms with Crippen LogP contribution in [0.1, 0.15) is 5.56 Å². The first-order valence-electron chi connectivity index (χ1n) is 5.60. The van der Waals surface area contributed by atoms with Crippen LogP contribution in [0.2, 0.25) is 0 Å². The van der Waals surface area contributed by atoms with Crippen LogP contribution in [0.25, 0.3) is 0 Å². The highest BCUT2D eigenvalue weighted by molar-refractivity contribution is 5.52. The number of hydrogen-bond acceptors (Lipinski definition) is 4. The molecule has 1 aromatic heterocycles. The molecule has 106 valence electrons. The number of nitrogens with zero attached hydrogens (tertiary/aromatic N) is 1. The van der Waals surface area contributed by atoms with Crippen LogP contribution in [0.4, 0.5) is 18.9 Å². The van der Waals surface area contributed by atoms with Crippen molar-refractivity contribution in [1.29, 1.82) is 0 Å². The molecule has 4 nitrogen and oxygen atoms in total. The molecule has 0 fully saturated rings. The predicted molar refractivity (Wildman–Crippen MR) is 66.6 cm³/mol. The number of aryl methyl sites for hydroxylation is 1. The van der Waals surface area contributed by atoms with Crippen LogP contribution < -0.4 is 15.2 Å². The maximum absolute atomic E-state index is 12.3. The monoisotopic (exact) mass is 284 g/mol. The fourth-order valence-electron chi connectivity index (χ4n) is 1.51. The summed E-state index contributed by atoms with van der Waals surface area (Å²) < 4.78 is 46.0. The molecule has 1 aromatic carbocycles. The highest BCUT2D eigenvalue weighted by Crippen LogP contribution is 2.35. The van der Waals surface area contributed by atoms with E-state index in [2.05, 4.69) is 9.72 Å². The van der Waals surface area contributed by atoms with Crippen molar-refractivity contribution in [2.75, 3.05) is 5.73 Å². The first kappa shape index (κ1) is 14.0. The third kappa shape index (κ3) is 3.53. The van der Waals surface area contributed by atoms with Gasteiger partial charge in [0.1, 0.15) is 0 Å². The van der Waals surface area contributed by atoms with Crippen LogP contribution in [0.5, 0.6) is 17.4 Å². The van der Waals surface area contributed by atoms with Gasteiger partial charge in [-0.2, -0.15) is 0 Å². The van der Waals surface area contributed by atoms with Crippen molar-refractivity contribution < 1.29 is 22.6 Å². The van der Waals surface area contributed by atoms with Gasteiger partial charge in [0.25, 0.3) is 0 Å². The molecule has 1 heterocycles. The Morgan fingerprint density at radius 3 is 2.40 bits per heavy atom. The highest BCUT2D eigenvalue weighted by atomic mass is 19.4. The second-order valence-electron chi connectivity index (χ2n) is 4.00. The van der Waals surface area contributed by atoms with Crippen molar-refractivity contribution in [1.82, 2.24) is 4.98 Å². The number of anilines is 1. The molecule has 0 aliphatic heterocycles. The summed E-state index contributed by atoms with van der Waals surface area (Å²) in [6.45, 7) is 1.79. The molecule has 0 bridgehead atoms. The standard InChI is InChI=1S/C13H11F3N2O2/c1-8-6-9(17)12(18-7-8)19-10-4-2-3-5-11(10)20-13(14,15)16/h2-7H,17H2,1H3. The van der Waals surface area contributed by atoms with Crippen molar-refractivity contribution in [3.8, 4) is 17.4 Å². The smallest absolute Gasteiger partial charge is 0.433 e. The number of nitrogen functional groups attached to an aromatic ring is 1. The molecule has 0 aliphatic carbocycles. The van der Waals surface area contributed by atoms with Gasteiger partial charge in [-0.3, -0.25) is 0 Å². The first-order chi connectivity index (χ1) is 9.35. The second kappa shape index (κ2) is 5.28. The molecule has 0 amide bonds. The summed E-state index contributed by atoms with van der Waals surface area (Å²) in [5.41, 5.74) is 6.74. The Bertz CT molecular complexity index is 615. The summed E-state index contributed by atoms with van der Waals surface area (Å²) in [6.07, 6.45) is -3.30. The van der Waals surface area contributed by atoms with Gasteiger partial charge in [0.2, 0.25) is 5.88 Å². The van der Waals surface area contributed by atoms with Gasteiger partial charge in [0.15, 0.2) is 11.5 Å². The number of hydrogen-bond donors (Lipinski definition) is 1. The van der Waals surface area contributed by atoms with Gasteiger partial charge in [0, 0.05) is 6.20 Å². The molecule has 0 saturated heterocycles. The van der Waals surface area contributed by atoms with Gasteiger partial charge in [0.05, 0.1) is 5.69 Å². The number of aromatic nitrogens is 1. The lowest BCUT2D eigenvalue weighted by molar-refractivity contribution is -0.275. The van der Waals surface area contributed by atoms with Crippen molar-refractivity contribution in [2.24, 2.45) is 0 Å². The number of rotatable bonds is 3. The molecular formula is C13H11F3N2O2. The molecular weight excluding hydrogens is 273 g/mol. The number of benzene rings is 1. The van der Waals surface area contributed by atoms with Gasteiger partial charge in [-0.1, -0.05) is 12.1 Å². The molecule has 0 radical (unpaired) electrons. The number of halogens is 3. The van der Waals surface area contributed by atoms with Crippen LogP contribution >= 0.6 is 0 Å². The third-order valence-electron chi connectivity index (χ3n) is 2.30. The van der Waals surface area contributed by atoms with E-state index in [-0.39, 0.29) is 17.3 Å². The largest absolute Gasteiger partial charge is 0.573 e. The molecule has 0 saturated carbocycles. The maximum Gasteiger partial charge on any atom is 0.573 e. The normalized spacial score (nSPS) is 11.2. The lowest BCUT2D eigenvalue weighted by Crippen LogP contribution is -2.17. The lowest BCUT2D eigenvalue weighted by Gasteiger charge is -2.14. The Morgan fingerprint density at radius 1 is 1.15 bits per heavy atom. The first-order valence-corrected chi connectivity index (χ1v) is 5.60. The van der Waals surface area contributed by atoms with E-state index < -0.39 is 12.1 Å². The Morgan fingerprint density at radius 2 is 1.80 bits per heavy atom. The van der Waals surface area contributed by atoms with Gasteiger partial charge in [-0.05, 0) is 30.7 Å². The highest BCUT2D eigenvalue weighted by Gasteiger charge is 2.32. The summed E-state index contributed by atoms with van der Waals surface area (Å²) in [6, 6.07) is 7.01. The van der Waals surface area contributed by atoms with Gasteiger partial charge in [-0.25, -0.2) is 4.98 Å². The topological polar surface area (TPSA) is 57.4 Å². The molecule has 0 atom stereocenters. The second-order valence-corrected chi connectivity index (χ2v) is 4.00. The third-order valence-corrected chi connectivity index (χ3v) is 2.30. The van der Waals surface area contributed by atoms with Crippen LogP contribution in [0.3, 0.4) is 0 Å². The summed E-state index contributed by atoms with van der Waals surface area (Å²) >= 11 is 0. The molecule has 2 N–H and O–H groups in total. The van der Waals surface area contributed by atoms with Gasteiger partial charge >= 0.3 is 6.36 Å². The Kier molecular flexibility index (Phi) is 3.69. The molecule has 0 spiro atoms. The van der Waals surface area contributed by atoms with Crippen molar-refractivity contribution >= 4 is 5.69 Å². The molecule has 0 unspecified atom stereocenters. The van der Waals surface area contributed by atoms with E-state index in [4.69, 9.17) is 10.5 Å². The number of nitrogens with two attached hydrogens (primary N) is 1. The number of ether oxygens (including phenoxy) is 2. The van der Waals surface area contributed by atoms with Crippen LogP contribution in [-0.4, -0.2) is 11.3 Å². The average Bonchev–Trinajstić information content (AvgIpc) is 2.33. The summed E-state index contributed by atoms with van der Waals surface area (Å²) in [7, 11) is 0. The van der Waals surface area contributed by atoms with E-state index in [1.165, 1.54) is 24.4 Å². The quantitative estimate of drug-likeness (QED) is 0.934. The predicted octanol–water partition coefficient (Wildman–Crippen LogP) is 3.66. The van der Waals surface area contributed by atoms with Crippen LogP contribution in [0.15, 0.2) is 36.5 Å². The van der Waals surface area contributed by atoms with E-state index in [1.807, 2.05) is 0 Å². The van der Waals surface area contributed by atoms with Crippen LogP contribution in [0, 0.1) is 6.92 Å². The Balaban J connectivity index is 2.29. The van der Waals surface area contributed by atoms with Crippen molar-refractivity contribution in [2.45, 2.75) is 13.3 Å². The van der Waals surface area contributed by atoms with Crippen molar-refractivity contribution in [3.05, 3.63) is 42.1 Å². The van der Waals surface area contributed by atoms with Gasteiger partial charge in [-0.15, -0.1) is 13.2 Å². The van der Waals surface area contributed by atoms with E-state index in [1.54, 1.807) is 13.0 Å². The fraction of sp³-hybridized carbons (Fsp3) is 0.154. The van der Waals surface area contributed by atoms with Crippen molar-refractivity contribution in [3.63, 3.8) is 0 Å². The minimum Gasteiger partial charge on any atom is -0.433 e. The minimum atomic E-state index is -4.80. The summed E-state index contributed by atoms with van der Waals surface area (Å²) in [5, 5.41) is 0. The molecule has 0 aliphatic rings. The number of pyridine rings is 1. The Hall–Kier alpha value is -2.44.